The Morgan fingerprint density at radius 2 is 1.85 bits per heavy atom. The summed E-state index contributed by atoms with van der Waals surface area (Å²) in [6, 6.07) is 16.3. The van der Waals surface area contributed by atoms with Gasteiger partial charge in [-0.2, -0.15) is 0 Å². The summed E-state index contributed by atoms with van der Waals surface area (Å²) >= 11 is 0. The van der Waals surface area contributed by atoms with Crippen LogP contribution in [0.25, 0.3) is 6.08 Å². The van der Waals surface area contributed by atoms with Crippen LogP contribution in [0.1, 0.15) is 5.56 Å². The molecular weight excluding hydrogens is 347 g/mol. The molecule has 6 heteroatoms. The summed E-state index contributed by atoms with van der Waals surface area (Å²) in [6.07, 6.45) is 4.41. The molecule has 0 saturated heterocycles. The highest BCUT2D eigenvalue weighted by molar-refractivity contribution is 6.02. The van der Waals surface area contributed by atoms with Crippen LogP contribution >= 0.6 is 0 Å². The van der Waals surface area contributed by atoms with Crippen LogP contribution in [0.3, 0.4) is 0 Å². The first-order chi connectivity index (χ1) is 13.1. The number of benzene rings is 2. The minimum Gasteiger partial charge on any atom is -0.497 e. The Balaban J connectivity index is 1.70. The van der Waals surface area contributed by atoms with E-state index in [0.29, 0.717) is 22.7 Å². The van der Waals surface area contributed by atoms with Gasteiger partial charge in [-0.1, -0.05) is 12.1 Å². The normalized spacial score (nSPS) is 10.6. The first kappa shape index (κ1) is 18.1. The average molecular weight is 364 g/mol. The molecule has 3 aromatic rings. The standard InChI is InChI=1S/C21H17FN2O3/c1-26-17-8-10-18(11-9-17)27-21-19(6-3-13-23-21)24-20(25)12-7-15-4-2-5-16(22)14-15/h2-14H,1H3,(H,24,25)/b12-7+. The van der Waals surface area contributed by atoms with E-state index in [1.165, 1.54) is 24.3 Å². The van der Waals surface area contributed by atoms with Gasteiger partial charge in [0.25, 0.3) is 0 Å². The highest BCUT2D eigenvalue weighted by Gasteiger charge is 2.08. The summed E-state index contributed by atoms with van der Waals surface area (Å²) in [4.78, 5) is 16.3. The Morgan fingerprint density at radius 3 is 2.59 bits per heavy atom. The van der Waals surface area contributed by atoms with Gasteiger partial charge in [0.15, 0.2) is 0 Å². The number of halogens is 1. The van der Waals surface area contributed by atoms with Crippen molar-refractivity contribution in [2.24, 2.45) is 0 Å². The van der Waals surface area contributed by atoms with Gasteiger partial charge >= 0.3 is 0 Å². The molecule has 27 heavy (non-hydrogen) atoms. The van der Waals surface area contributed by atoms with Crippen molar-refractivity contribution in [2.45, 2.75) is 0 Å². The molecule has 0 bridgehead atoms. The van der Waals surface area contributed by atoms with Gasteiger partial charge in [0, 0.05) is 12.3 Å². The molecule has 5 nitrogen and oxygen atoms in total. The first-order valence-corrected chi connectivity index (χ1v) is 8.15. The predicted octanol–water partition coefficient (Wildman–Crippen LogP) is 4.67. The Morgan fingerprint density at radius 1 is 1.07 bits per heavy atom. The maximum Gasteiger partial charge on any atom is 0.248 e. The number of amides is 1. The van der Waals surface area contributed by atoms with Crippen LogP contribution in [0, 0.1) is 5.82 Å². The van der Waals surface area contributed by atoms with E-state index in [-0.39, 0.29) is 17.6 Å². The molecule has 136 valence electrons. The van der Waals surface area contributed by atoms with Gasteiger partial charge in [0.1, 0.15) is 23.0 Å². The summed E-state index contributed by atoms with van der Waals surface area (Å²) in [5.41, 5.74) is 1.01. The van der Waals surface area contributed by atoms with Crippen LogP contribution in [-0.4, -0.2) is 18.0 Å². The number of hydrogen-bond acceptors (Lipinski definition) is 4. The monoisotopic (exact) mass is 364 g/mol. The summed E-state index contributed by atoms with van der Waals surface area (Å²) in [7, 11) is 1.58. The second-order valence-electron chi connectivity index (χ2n) is 5.51. The SMILES string of the molecule is COc1ccc(Oc2ncccc2NC(=O)/C=C/c2cccc(F)c2)cc1. The van der Waals surface area contributed by atoms with Crippen LogP contribution in [-0.2, 0) is 4.79 Å². The average Bonchev–Trinajstić information content (AvgIpc) is 2.69. The molecule has 2 aromatic carbocycles. The second-order valence-corrected chi connectivity index (χ2v) is 5.51. The quantitative estimate of drug-likeness (QED) is 0.646. The zero-order valence-corrected chi connectivity index (χ0v) is 14.6. The molecule has 0 aliphatic rings. The number of hydrogen-bond donors (Lipinski definition) is 1. The van der Waals surface area contributed by atoms with E-state index in [1.54, 1.807) is 61.8 Å². The van der Waals surface area contributed by atoms with Crippen molar-refractivity contribution < 1.29 is 18.7 Å². The third-order valence-electron chi connectivity index (χ3n) is 3.58. The van der Waals surface area contributed by atoms with Crippen molar-refractivity contribution >= 4 is 17.7 Å². The third kappa shape index (κ3) is 5.15. The lowest BCUT2D eigenvalue weighted by atomic mass is 10.2. The number of nitrogens with zero attached hydrogens (tertiary/aromatic N) is 1. The molecule has 0 unspecified atom stereocenters. The number of anilines is 1. The van der Waals surface area contributed by atoms with Crippen molar-refractivity contribution in [2.75, 3.05) is 12.4 Å². The largest absolute Gasteiger partial charge is 0.497 e. The zero-order chi connectivity index (χ0) is 19.1. The van der Waals surface area contributed by atoms with E-state index in [9.17, 15) is 9.18 Å². The molecule has 1 N–H and O–H groups in total. The topological polar surface area (TPSA) is 60.5 Å². The minimum atomic E-state index is -0.383. The molecule has 0 atom stereocenters. The predicted molar refractivity (Wildman–Crippen MR) is 101 cm³/mol. The van der Waals surface area contributed by atoms with Gasteiger partial charge in [-0.05, 0) is 60.2 Å². The van der Waals surface area contributed by atoms with Crippen molar-refractivity contribution in [3.05, 3.63) is 84.3 Å². The maximum absolute atomic E-state index is 13.2. The van der Waals surface area contributed by atoms with Gasteiger partial charge in [-0.15, -0.1) is 0 Å². The fraction of sp³-hybridized carbons (Fsp3) is 0.0476. The summed E-state index contributed by atoms with van der Waals surface area (Å²) in [5.74, 6) is 0.779. The second kappa shape index (κ2) is 8.62. The highest BCUT2D eigenvalue weighted by atomic mass is 19.1. The van der Waals surface area contributed by atoms with Gasteiger partial charge in [-0.25, -0.2) is 9.37 Å². The molecule has 1 amide bonds. The molecule has 0 radical (unpaired) electrons. The lowest BCUT2D eigenvalue weighted by Gasteiger charge is -2.10. The smallest absolute Gasteiger partial charge is 0.248 e. The van der Waals surface area contributed by atoms with E-state index < -0.39 is 0 Å². The van der Waals surface area contributed by atoms with Gasteiger partial charge in [-0.3, -0.25) is 4.79 Å². The number of nitrogens with one attached hydrogen (secondary N) is 1. The Labute approximate surface area is 156 Å². The third-order valence-corrected chi connectivity index (χ3v) is 3.58. The molecule has 0 aliphatic carbocycles. The van der Waals surface area contributed by atoms with Crippen LogP contribution < -0.4 is 14.8 Å². The summed E-state index contributed by atoms with van der Waals surface area (Å²) < 4.78 is 24.0. The fourth-order valence-corrected chi connectivity index (χ4v) is 2.28. The molecular formula is C21H17FN2O3. The van der Waals surface area contributed by atoms with E-state index in [1.807, 2.05) is 0 Å². The first-order valence-electron chi connectivity index (χ1n) is 8.15. The van der Waals surface area contributed by atoms with Crippen molar-refractivity contribution in [1.29, 1.82) is 0 Å². The number of carbonyl (C=O) groups is 1. The van der Waals surface area contributed by atoms with Crippen molar-refractivity contribution in [3.8, 4) is 17.4 Å². The lowest BCUT2D eigenvalue weighted by molar-refractivity contribution is -0.111. The molecule has 0 spiro atoms. The molecule has 0 saturated carbocycles. The molecule has 3 rings (SSSR count). The Bertz CT molecular complexity index is 956. The lowest BCUT2D eigenvalue weighted by Crippen LogP contribution is -2.09. The maximum atomic E-state index is 13.2. The number of ether oxygens (including phenoxy) is 2. The highest BCUT2D eigenvalue weighted by Crippen LogP contribution is 2.28. The number of aromatic nitrogens is 1. The summed E-state index contributed by atoms with van der Waals surface area (Å²) in [6.45, 7) is 0. The molecule has 1 heterocycles. The summed E-state index contributed by atoms with van der Waals surface area (Å²) in [5, 5.41) is 2.71. The molecule has 0 aliphatic heterocycles. The van der Waals surface area contributed by atoms with Crippen LogP contribution in [0.15, 0.2) is 72.9 Å². The van der Waals surface area contributed by atoms with E-state index in [0.717, 1.165) is 0 Å². The van der Waals surface area contributed by atoms with E-state index in [2.05, 4.69) is 10.3 Å². The minimum absolute atomic E-state index is 0.259. The van der Waals surface area contributed by atoms with Gasteiger partial charge in [0.05, 0.1) is 7.11 Å². The zero-order valence-electron chi connectivity index (χ0n) is 14.6. The Kier molecular flexibility index (Phi) is 5.79. The molecule has 1 aromatic heterocycles. The number of rotatable bonds is 6. The number of methoxy groups -OCH3 is 1. The van der Waals surface area contributed by atoms with Crippen molar-refractivity contribution in [1.82, 2.24) is 4.98 Å². The van der Waals surface area contributed by atoms with E-state index >= 15 is 0 Å². The molecule has 0 fully saturated rings. The van der Waals surface area contributed by atoms with Gasteiger partial charge in [0.2, 0.25) is 11.8 Å². The fourth-order valence-electron chi connectivity index (χ4n) is 2.28. The van der Waals surface area contributed by atoms with Crippen LogP contribution in [0.2, 0.25) is 0 Å². The number of carbonyl (C=O) groups excluding carboxylic acids is 1. The van der Waals surface area contributed by atoms with Crippen LogP contribution in [0.5, 0.6) is 17.4 Å². The van der Waals surface area contributed by atoms with Gasteiger partial charge < -0.3 is 14.8 Å². The Hall–Kier alpha value is -3.67. The number of pyridine rings is 1. The van der Waals surface area contributed by atoms with Crippen molar-refractivity contribution in [3.63, 3.8) is 0 Å². The van der Waals surface area contributed by atoms with E-state index in [4.69, 9.17) is 9.47 Å². The van der Waals surface area contributed by atoms with Crippen LogP contribution in [0.4, 0.5) is 10.1 Å².